The Morgan fingerprint density at radius 3 is 2.41 bits per heavy atom. The molecule has 0 aromatic heterocycles. The Hall–Kier alpha value is -3.09. The van der Waals surface area contributed by atoms with Crippen molar-refractivity contribution in [3.63, 3.8) is 0 Å². The second-order valence-electron chi connectivity index (χ2n) is 7.04. The van der Waals surface area contributed by atoms with Crippen LogP contribution in [0.3, 0.4) is 0 Å². The molecule has 0 radical (unpaired) electrons. The maximum Gasteiger partial charge on any atom is 0.408 e. The van der Waals surface area contributed by atoms with Gasteiger partial charge in [-0.3, -0.25) is 4.79 Å². The van der Waals surface area contributed by atoms with Crippen LogP contribution < -0.4 is 10.6 Å². The van der Waals surface area contributed by atoms with Crippen molar-refractivity contribution in [2.75, 3.05) is 5.32 Å². The number of benzene rings is 2. The number of carbonyl (C=O) groups excluding carboxylic acids is 2. The highest BCUT2D eigenvalue weighted by molar-refractivity contribution is 5.96. The zero-order chi connectivity index (χ0) is 20.0. The molecular weight excluding hydrogens is 351 g/mol. The van der Waals surface area contributed by atoms with Gasteiger partial charge in [-0.2, -0.15) is 0 Å². The van der Waals surface area contributed by atoms with Crippen LogP contribution in [0.2, 0.25) is 0 Å². The number of ether oxygens (including phenoxy) is 1. The van der Waals surface area contributed by atoms with Gasteiger partial charge in [-0.1, -0.05) is 24.3 Å². The third kappa shape index (κ3) is 6.62. The first-order chi connectivity index (χ1) is 12.6. The molecule has 0 aliphatic rings. The van der Waals surface area contributed by atoms with E-state index in [1.165, 1.54) is 12.1 Å². The van der Waals surface area contributed by atoms with Crippen molar-refractivity contribution in [1.29, 1.82) is 0 Å². The average Bonchev–Trinajstić information content (AvgIpc) is 2.57. The number of rotatable bonds is 5. The van der Waals surface area contributed by atoms with Gasteiger partial charge in [-0.25, -0.2) is 9.18 Å². The number of aromatic hydroxyl groups is 1. The summed E-state index contributed by atoms with van der Waals surface area (Å²) in [6.07, 6.45) is -0.732. The molecule has 0 aliphatic carbocycles. The fourth-order valence-corrected chi connectivity index (χ4v) is 2.32. The average molecular weight is 374 g/mol. The minimum atomic E-state index is -0.996. The van der Waals surface area contributed by atoms with Crippen LogP contribution in [-0.2, 0) is 16.0 Å². The van der Waals surface area contributed by atoms with E-state index in [2.05, 4.69) is 10.6 Å². The Morgan fingerprint density at radius 2 is 1.81 bits per heavy atom. The van der Waals surface area contributed by atoms with Crippen LogP contribution in [0, 0.1) is 5.82 Å². The van der Waals surface area contributed by atoms with Crippen LogP contribution >= 0.6 is 0 Å². The maximum absolute atomic E-state index is 13.6. The molecule has 6 nitrogen and oxygen atoms in total. The van der Waals surface area contributed by atoms with E-state index in [0.717, 1.165) is 6.07 Å². The molecule has 0 heterocycles. The van der Waals surface area contributed by atoms with E-state index >= 15 is 0 Å². The maximum atomic E-state index is 13.6. The number of phenols is 1. The summed E-state index contributed by atoms with van der Waals surface area (Å²) >= 11 is 0. The number of carbonyl (C=O) groups is 2. The van der Waals surface area contributed by atoms with Crippen molar-refractivity contribution >= 4 is 17.7 Å². The summed E-state index contributed by atoms with van der Waals surface area (Å²) in [4.78, 5) is 24.8. The van der Waals surface area contributed by atoms with Gasteiger partial charge in [0.05, 0.1) is 0 Å². The normalized spacial score (nSPS) is 12.1. The first-order valence-electron chi connectivity index (χ1n) is 8.47. The number of amides is 2. The summed E-state index contributed by atoms with van der Waals surface area (Å²) in [7, 11) is 0. The van der Waals surface area contributed by atoms with Gasteiger partial charge in [0.2, 0.25) is 5.91 Å². The number of nitrogens with one attached hydrogen (secondary N) is 2. The van der Waals surface area contributed by atoms with Crippen molar-refractivity contribution in [2.24, 2.45) is 0 Å². The number of anilines is 1. The van der Waals surface area contributed by atoms with E-state index in [1.54, 1.807) is 45.0 Å². The van der Waals surface area contributed by atoms with E-state index in [1.807, 2.05) is 6.07 Å². The summed E-state index contributed by atoms with van der Waals surface area (Å²) < 4.78 is 18.8. The van der Waals surface area contributed by atoms with Crippen molar-refractivity contribution in [3.8, 4) is 5.75 Å². The number of para-hydroxylation sites is 1. The molecule has 0 aliphatic heterocycles. The highest BCUT2D eigenvalue weighted by Crippen LogP contribution is 2.18. The molecule has 2 aromatic rings. The number of hydrogen-bond acceptors (Lipinski definition) is 4. The lowest BCUT2D eigenvalue weighted by molar-refractivity contribution is -0.118. The molecule has 2 aromatic carbocycles. The monoisotopic (exact) mass is 374 g/mol. The van der Waals surface area contributed by atoms with Crippen molar-refractivity contribution in [1.82, 2.24) is 5.32 Å². The molecule has 1 unspecified atom stereocenters. The summed E-state index contributed by atoms with van der Waals surface area (Å²) in [6.45, 7) is 5.13. The fraction of sp³-hybridized carbons (Fsp3) is 0.300. The smallest absolute Gasteiger partial charge is 0.408 e. The lowest BCUT2D eigenvalue weighted by atomic mass is 10.0. The second kappa shape index (κ2) is 8.53. The van der Waals surface area contributed by atoms with Gasteiger partial charge in [0.15, 0.2) is 11.6 Å². The van der Waals surface area contributed by atoms with E-state index in [-0.39, 0.29) is 6.42 Å². The van der Waals surface area contributed by atoms with Crippen LogP contribution in [0.1, 0.15) is 26.3 Å². The van der Waals surface area contributed by atoms with Crippen LogP contribution in [-0.4, -0.2) is 28.7 Å². The molecule has 144 valence electrons. The van der Waals surface area contributed by atoms with Gasteiger partial charge >= 0.3 is 6.09 Å². The zero-order valence-electron chi connectivity index (χ0n) is 15.5. The van der Waals surface area contributed by atoms with Gasteiger partial charge in [0.25, 0.3) is 0 Å². The van der Waals surface area contributed by atoms with Crippen molar-refractivity contribution in [2.45, 2.75) is 38.8 Å². The van der Waals surface area contributed by atoms with E-state index in [4.69, 9.17) is 4.74 Å². The Morgan fingerprint density at radius 1 is 1.15 bits per heavy atom. The molecule has 0 spiro atoms. The lowest BCUT2D eigenvalue weighted by Crippen LogP contribution is -2.47. The molecule has 0 saturated heterocycles. The molecular formula is C20H23FN2O4. The lowest BCUT2D eigenvalue weighted by Gasteiger charge is -2.23. The van der Waals surface area contributed by atoms with Gasteiger partial charge in [-0.15, -0.1) is 0 Å². The van der Waals surface area contributed by atoms with Crippen LogP contribution in [0.5, 0.6) is 5.75 Å². The summed E-state index contributed by atoms with van der Waals surface area (Å²) in [6, 6.07) is 11.6. The molecule has 0 bridgehead atoms. The van der Waals surface area contributed by atoms with Gasteiger partial charge in [0.1, 0.15) is 11.6 Å². The number of alkyl carbamates (subject to hydrolysis) is 1. The highest BCUT2D eigenvalue weighted by atomic mass is 19.1. The topological polar surface area (TPSA) is 87.7 Å². The molecule has 1 atom stereocenters. The number of halogens is 1. The first-order valence-corrected chi connectivity index (χ1v) is 8.47. The van der Waals surface area contributed by atoms with E-state index in [0.29, 0.717) is 11.3 Å². The predicted octanol–water partition coefficient (Wildman–Crippen LogP) is 3.61. The van der Waals surface area contributed by atoms with Gasteiger partial charge in [-0.05, 0) is 50.6 Å². The highest BCUT2D eigenvalue weighted by Gasteiger charge is 2.25. The largest absolute Gasteiger partial charge is 0.505 e. The SMILES string of the molecule is CC(C)(C)OC(=O)NC(Cc1ccc(O)c(F)c1)C(=O)Nc1ccccc1. The molecule has 2 rings (SSSR count). The third-order valence-electron chi connectivity index (χ3n) is 3.50. The van der Waals surface area contributed by atoms with Crippen LogP contribution in [0.15, 0.2) is 48.5 Å². The quantitative estimate of drug-likeness (QED) is 0.746. The van der Waals surface area contributed by atoms with Crippen LogP contribution in [0.4, 0.5) is 14.9 Å². The van der Waals surface area contributed by atoms with Crippen LogP contribution in [0.25, 0.3) is 0 Å². The predicted molar refractivity (Wildman–Crippen MR) is 100.0 cm³/mol. The number of hydrogen-bond donors (Lipinski definition) is 3. The van der Waals surface area contributed by atoms with Gasteiger partial charge < -0.3 is 20.5 Å². The van der Waals surface area contributed by atoms with E-state index in [9.17, 15) is 19.1 Å². The second-order valence-corrected chi connectivity index (χ2v) is 7.04. The fourth-order valence-electron chi connectivity index (χ4n) is 2.32. The summed E-state index contributed by atoms with van der Waals surface area (Å²) in [5.41, 5.74) is 0.278. The van der Waals surface area contributed by atoms with E-state index < -0.39 is 35.2 Å². The molecule has 27 heavy (non-hydrogen) atoms. The third-order valence-corrected chi connectivity index (χ3v) is 3.50. The van der Waals surface area contributed by atoms with Crippen molar-refractivity contribution < 1.29 is 23.8 Å². The minimum absolute atomic E-state index is 0.0229. The Kier molecular flexibility index (Phi) is 6.39. The molecule has 7 heteroatoms. The molecule has 0 fully saturated rings. The minimum Gasteiger partial charge on any atom is -0.505 e. The molecule has 2 amide bonds. The Bertz CT molecular complexity index is 803. The summed E-state index contributed by atoms with van der Waals surface area (Å²) in [5.74, 6) is -1.75. The standard InChI is InChI=1S/C20H23FN2O4/c1-20(2,3)27-19(26)23-16(12-13-9-10-17(24)15(21)11-13)18(25)22-14-7-5-4-6-8-14/h4-11,16,24H,12H2,1-3H3,(H,22,25)(H,23,26). The van der Waals surface area contributed by atoms with Gasteiger partial charge in [0, 0.05) is 12.1 Å². The Labute approximate surface area is 157 Å². The first kappa shape index (κ1) is 20.2. The molecule has 0 saturated carbocycles. The van der Waals surface area contributed by atoms with Crippen molar-refractivity contribution in [3.05, 3.63) is 59.9 Å². The number of phenolic OH excluding ortho intramolecular Hbond substituents is 1. The Balaban J connectivity index is 2.17. The molecule has 3 N–H and O–H groups in total. The zero-order valence-corrected chi connectivity index (χ0v) is 15.5. The summed E-state index contributed by atoms with van der Waals surface area (Å²) in [5, 5.41) is 14.5.